The van der Waals surface area contributed by atoms with Crippen LogP contribution in [0.3, 0.4) is 0 Å². The third-order valence-corrected chi connectivity index (χ3v) is 5.81. The maximum absolute atomic E-state index is 9.98. The lowest BCUT2D eigenvalue weighted by molar-refractivity contribution is -0.0417. The number of benzene rings is 1. The van der Waals surface area contributed by atoms with Gasteiger partial charge in [-0.1, -0.05) is 0 Å². The van der Waals surface area contributed by atoms with Crippen LogP contribution in [-0.2, 0) is 11.3 Å². The first kappa shape index (κ1) is 16.9. The third-order valence-electron chi connectivity index (χ3n) is 5.81. The molecule has 0 radical (unpaired) electrons. The first-order chi connectivity index (χ1) is 12.2. The van der Waals surface area contributed by atoms with Crippen molar-refractivity contribution in [2.45, 2.75) is 19.4 Å². The van der Waals surface area contributed by atoms with E-state index in [1.165, 1.54) is 0 Å². The van der Waals surface area contributed by atoms with Gasteiger partial charge in [-0.3, -0.25) is 4.90 Å². The third kappa shape index (κ3) is 3.18. The molecule has 0 unspecified atom stereocenters. The second kappa shape index (κ2) is 7.02. The monoisotopic (exact) mass is 349 g/mol. The van der Waals surface area contributed by atoms with Crippen molar-refractivity contribution < 1.29 is 24.1 Å². The second-order valence-electron chi connectivity index (χ2n) is 7.37. The largest absolute Gasteiger partial charge is 0.496 e. The summed E-state index contributed by atoms with van der Waals surface area (Å²) in [4.78, 5) is 2.40. The van der Waals surface area contributed by atoms with E-state index < -0.39 is 0 Å². The van der Waals surface area contributed by atoms with E-state index in [9.17, 15) is 5.11 Å². The maximum Gasteiger partial charge on any atom is 0.164 e. The van der Waals surface area contributed by atoms with Crippen molar-refractivity contribution in [3.05, 3.63) is 17.7 Å². The fraction of sp³-hybridized carbons (Fsp3) is 0.684. The Kier molecular flexibility index (Phi) is 4.75. The van der Waals surface area contributed by atoms with Gasteiger partial charge in [-0.2, -0.15) is 0 Å². The van der Waals surface area contributed by atoms with Gasteiger partial charge in [0.1, 0.15) is 5.75 Å². The molecule has 1 aromatic rings. The molecule has 0 aromatic heterocycles. The van der Waals surface area contributed by atoms with Crippen LogP contribution < -0.4 is 14.2 Å². The summed E-state index contributed by atoms with van der Waals surface area (Å²) in [7, 11) is 1.69. The number of ether oxygens (including phenoxy) is 4. The summed E-state index contributed by atoms with van der Waals surface area (Å²) < 4.78 is 22.8. The minimum atomic E-state index is -0.0171. The van der Waals surface area contributed by atoms with E-state index in [2.05, 4.69) is 4.90 Å². The second-order valence-corrected chi connectivity index (χ2v) is 7.37. The van der Waals surface area contributed by atoms with Crippen LogP contribution in [0.25, 0.3) is 0 Å². The van der Waals surface area contributed by atoms with E-state index >= 15 is 0 Å². The van der Waals surface area contributed by atoms with Crippen molar-refractivity contribution in [1.82, 2.24) is 4.90 Å². The van der Waals surface area contributed by atoms with Crippen molar-refractivity contribution in [3.8, 4) is 17.2 Å². The predicted octanol–water partition coefficient (Wildman–Crippen LogP) is 1.69. The van der Waals surface area contributed by atoms with E-state index in [1.54, 1.807) is 7.11 Å². The molecule has 6 nitrogen and oxygen atoms in total. The number of fused-ring (bicyclic) bond motifs is 2. The summed E-state index contributed by atoms with van der Waals surface area (Å²) >= 11 is 0. The van der Waals surface area contributed by atoms with Gasteiger partial charge in [0.05, 0.1) is 33.5 Å². The molecular formula is C19H27NO5. The number of hydrogen-bond donors (Lipinski definition) is 1. The zero-order chi connectivity index (χ0) is 17.3. The maximum atomic E-state index is 9.98. The molecule has 3 heterocycles. The van der Waals surface area contributed by atoms with Crippen LogP contribution in [0.2, 0.25) is 0 Å². The molecule has 0 saturated carbocycles. The standard InChI is InChI=1S/C19H27NO5/c1-22-16-8-18-17(24-4-2-5-25-18)7-14(16)9-20-10-15-11-23-6-3-19(15,12-20)13-21/h7-8,15,21H,2-6,9-13H2,1H3/t15-,19-/m1/s1. The lowest BCUT2D eigenvalue weighted by Crippen LogP contribution is -2.41. The Labute approximate surface area is 148 Å². The highest BCUT2D eigenvalue weighted by atomic mass is 16.5. The van der Waals surface area contributed by atoms with Crippen molar-refractivity contribution in [2.75, 3.05) is 53.2 Å². The highest BCUT2D eigenvalue weighted by molar-refractivity contribution is 5.51. The average molecular weight is 349 g/mol. The van der Waals surface area contributed by atoms with Crippen LogP contribution in [0.1, 0.15) is 18.4 Å². The van der Waals surface area contributed by atoms with Gasteiger partial charge in [0.15, 0.2) is 11.5 Å². The Morgan fingerprint density at radius 2 is 2.04 bits per heavy atom. The molecule has 0 spiro atoms. The van der Waals surface area contributed by atoms with E-state index in [0.717, 1.165) is 68.5 Å². The van der Waals surface area contributed by atoms with Crippen LogP contribution in [0.15, 0.2) is 12.1 Å². The molecule has 4 rings (SSSR count). The highest BCUT2D eigenvalue weighted by Gasteiger charge is 2.47. The molecule has 2 atom stereocenters. The van der Waals surface area contributed by atoms with Gasteiger partial charge in [0, 0.05) is 55.6 Å². The van der Waals surface area contributed by atoms with Crippen molar-refractivity contribution in [2.24, 2.45) is 11.3 Å². The molecule has 2 fully saturated rings. The molecule has 25 heavy (non-hydrogen) atoms. The first-order valence-corrected chi connectivity index (χ1v) is 9.11. The molecule has 1 N–H and O–H groups in total. The Balaban J connectivity index is 1.55. The molecule has 3 aliphatic heterocycles. The number of nitrogens with zero attached hydrogens (tertiary/aromatic N) is 1. The van der Waals surface area contributed by atoms with Gasteiger partial charge >= 0.3 is 0 Å². The Morgan fingerprint density at radius 1 is 1.24 bits per heavy atom. The average Bonchev–Trinajstić information content (AvgIpc) is 2.85. The van der Waals surface area contributed by atoms with Gasteiger partial charge in [0.25, 0.3) is 0 Å². The molecule has 138 valence electrons. The summed E-state index contributed by atoms with van der Waals surface area (Å²) in [6.45, 7) is 5.69. The van der Waals surface area contributed by atoms with Gasteiger partial charge in [-0.25, -0.2) is 0 Å². The highest BCUT2D eigenvalue weighted by Crippen LogP contribution is 2.43. The van der Waals surface area contributed by atoms with E-state index in [0.29, 0.717) is 19.1 Å². The van der Waals surface area contributed by atoms with Crippen molar-refractivity contribution in [3.63, 3.8) is 0 Å². The Bertz CT molecular complexity index is 622. The zero-order valence-electron chi connectivity index (χ0n) is 14.8. The van der Waals surface area contributed by atoms with Gasteiger partial charge < -0.3 is 24.1 Å². The number of aliphatic hydroxyl groups is 1. The summed E-state index contributed by atoms with van der Waals surface area (Å²) in [6.07, 6.45) is 1.82. The smallest absolute Gasteiger partial charge is 0.164 e. The summed E-state index contributed by atoms with van der Waals surface area (Å²) in [5, 5.41) is 9.98. The Hall–Kier alpha value is -1.50. The minimum absolute atomic E-state index is 0.0171. The normalized spacial score (nSPS) is 29.1. The number of methoxy groups -OCH3 is 1. The quantitative estimate of drug-likeness (QED) is 0.893. The number of hydrogen-bond acceptors (Lipinski definition) is 6. The number of likely N-dealkylation sites (tertiary alicyclic amines) is 1. The molecule has 3 aliphatic rings. The van der Waals surface area contributed by atoms with E-state index in [4.69, 9.17) is 18.9 Å². The Morgan fingerprint density at radius 3 is 2.76 bits per heavy atom. The van der Waals surface area contributed by atoms with Gasteiger partial charge in [-0.15, -0.1) is 0 Å². The lowest BCUT2D eigenvalue weighted by atomic mass is 9.75. The molecule has 2 saturated heterocycles. The molecule has 0 aliphatic carbocycles. The van der Waals surface area contributed by atoms with Crippen molar-refractivity contribution >= 4 is 0 Å². The molecular weight excluding hydrogens is 322 g/mol. The van der Waals surface area contributed by atoms with Crippen LogP contribution in [-0.4, -0.2) is 63.2 Å². The van der Waals surface area contributed by atoms with Crippen LogP contribution in [0, 0.1) is 11.3 Å². The zero-order valence-corrected chi connectivity index (χ0v) is 14.8. The number of rotatable bonds is 4. The van der Waals surface area contributed by atoms with E-state index in [1.807, 2.05) is 12.1 Å². The SMILES string of the molecule is COc1cc2c(cc1CN1C[C@@H]3COCC[C@]3(CO)C1)OCCCO2. The summed E-state index contributed by atoms with van der Waals surface area (Å²) in [5.74, 6) is 2.78. The fourth-order valence-corrected chi connectivity index (χ4v) is 4.32. The lowest BCUT2D eigenvalue weighted by Gasteiger charge is -2.36. The van der Waals surface area contributed by atoms with Crippen LogP contribution >= 0.6 is 0 Å². The van der Waals surface area contributed by atoms with Gasteiger partial charge in [0.2, 0.25) is 0 Å². The fourth-order valence-electron chi connectivity index (χ4n) is 4.32. The topological polar surface area (TPSA) is 60.4 Å². The number of aliphatic hydroxyl groups excluding tert-OH is 1. The first-order valence-electron chi connectivity index (χ1n) is 9.11. The van der Waals surface area contributed by atoms with E-state index in [-0.39, 0.29) is 12.0 Å². The minimum Gasteiger partial charge on any atom is -0.496 e. The van der Waals surface area contributed by atoms with Gasteiger partial charge in [-0.05, 0) is 12.5 Å². The molecule has 0 bridgehead atoms. The summed E-state index contributed by atoms with van der Waals surface area (Å²) in [6, 6.07) is 3.98. The van der Waals surface area contributed by atoms with Crippen LogP contribution in [0.5, 0.6) is 17.2 Å². The predicted molar refractivity (Wildman–Crippen MR) is 92.3 cm³/mol. The molecule has 1 aromatic carbocycles. The van der Waals surface area contributed by atoms with Crippen molar-refractivity contribution in [1.29, 1.82) is 0 Å². The summed E-state index contributed by atoms with van der Waals surface area (Å²) in [5.41, 5.74) is 1.08. The van der Waals surface area contributed by atoms with Crippen LogP contribution in [0.4, 0.5) is 0 Å². The molecule has 6 heteroatoms. The molecule has 0 amide bonds.